The molecule has 0 unspecified atom stereocenters. The van der Waals surface area contributed by atoms with Crippen LogP contribution in [-0.2, 0) is 11.3 Å². The van der Waals surface area contributed by atoms with Gasteiger partial charge in [-0.15, -0.1) is 0 Å². The highest BCUT2D eigenvalue weighted by Crippen LogP contribution is 2.41. The number of carbonyl (C=O) groups is 1. The fourth-order valence-corrected chi connectivity index (χ4v) is 4.23. The zero-order valence-electron chi connectivity index (χ0n) is 16.8. The number of nitrogens with two attached hydrogens (primary N) is 1. The highest BCUT2D eigenvalue weighted by molar-refractivity contribution is 6.07. The van der Waals surface area contributed by atoms with Gasteiger partial charge in [-0.3, -0.25) is 9.78 Å². The van der Waals surface area contributed by atoms with Gasteiger partial charge < -0.3 is 15.6 Å². The van der Waals surface area contributed by atoms with Crippen LogP contribution in [0.5, 0.6) is 0 Å². The van der Waals surface area contributed by atoms with Gasteiger partial charge in [-0.25, -0.2) is 14.4 Å². The number of anilines is 1. The molecule has 0 fully saturated rings. The third kappa shape index (κ3) is 3.04. The first-order valence-electron chi connectivity index (χ1n) is 9.76. The normalized spacial score (nSPS) is 15.5. The molecule has 0 spiro atoms. The molecule has 1 aromatic carbocycles. The molecule has 5 rings (SSSR count). The lowest BCUT2D eigenvalue weighted by Gasteiger charge is -2.24. The van der Waals surface area contributed by atoms with Crippen molar-refractivity contribution in [2.75, 3.05) is 5.73 Å². The van der Waals surface area contributed by atoms with Crippen LogP contribution >= 0.6 is 0 Å². The SMILES string of the molecule is C=C(F)C(=O)N[C@H]1C=C(C)c2c(-c3cnc4ccccc4c3)c3c(N)ncnc3n2C1. The Kier molecular flexibility index (Phi) is 4.28. The van der Waals surface area contributed by atoms with E-state index in [-0.39, 0.29) is 0 Å². The number of pyridine rings is 1. The monoisotopic (exact) mass is 414 g/mol. The number of allylic oxidation sites excluding steroid dienone is 1. The van der Waals surface area contributed by atoms with E-state index in [0.29, 0.717) is 18.0 Å². The van der Waals surface area contributed by atoms with E-state index < -0.39 is 17.8 Å². The number of para-hydroxylation sites is 1. The molecule has 0 radical (unpaired) electrons. The van der Waals surface area contributed by atoms with Crippen molar-refractivity contribution in [2.45, 2.75) is 19.5 Å². The van der Waals surface area contributed by atoms with Gasteiger partial charge in [0.25, 0.3) is 5.91 Å². The zero-order valence-corrected chi connectivity index (χ0v) is 16.8. The van der Waals surface area contributed by atoms with Crippen LogP contribution in [0.3, 0.4) is 0 Å². The molecule has 7 nitrogen and oxygen atoms in total. The molecule has 31 heavy (non-hydrogen) atoms. The van der Waals surface area contributed by atoms with Crippen LogP contribution in [0.1, 0.15) is 12.6 Å². The Hall–Kier alpha value is -4.07. The van der Waals surface area contributed by atoms with Crippen LogP contribution in [0, 0.1) is 0 Å². The number of aromatic nitrogens is 4. The van der Waals surface area contributed by atoms with Gasteiger partial charge in [0.05, 0.1) is 22.6 Å². The number of carbonyl (C=O) groups excluding carboxylic acids is 1. The molecule has 1 aliphatic rings. The van der Waals surface area contributed by atoms with E-state index >= 15 is 0 Å². The van der Waals surface area contributed by atoms with Crippen molar-refractivity contribution in [1.82, 2.24) is 24.8 Å². The van der Waals surface area contributed by atoms with E-state index in [0.717, 1.165) is 38.7 Å². The summed E-state index contributed by atoms with van der Waals surface area (Å²) in [5, 5.41) is 4.38. The number of benzene rings is 1. The quantitative estimate of drug-likeness (QED) is 0.499. The Labute approximate surface area is 177 Å². The maximum atomic E-state index is 13.2. The summed E-state index contributed by atoms with van der Waals surface area (Å²) in [5.74, 6) is -1.49. The summed E-state index contributed by atoms with van der Waals surface area (Å²) < 4.78 is 15.2. The van der Waals surface area contributed by atoms with Crippen LogP contribution in [0.4, 0.5) is 10.2 Å². The predicted molar refractivity (Wildman–Crippen MR) is 119 cm³/mol. The number of halogens is 1. The minimum absolute atomic E-state index is 0.362. The van der Waals surface area contributed by atoms with Crippen LogP contribution < -0.4 is 11.1 Å². The standard InChI is InChI=1S/C23H19FN6O/c1-12-7-16(29-23(31)13(2)24)10-30-20(12)18(19-21(25)27-11-28-22(19)30)15-8-14-5-3-4-6-17(14)26-9-15/h3-9,11,16H,2,10H2,1H3,(H,29,31)(H2,25,27,28)/t16-/m0/s1. The van der Waals surface area contributed by atoms with Gasteiger partial charge in [0.1, 0.15) is 17.8 Å². The second kappa shape index (κ2) is 7.02. The summed E-state index contributed by atoms with van der Waals surface area (Å²) in [6.45, 7) is 5.38. The van der Waals surface area contributed by atoms with Crippen molar-refractivity contribution >= 4 is 39.2 Å². The molecule has 154 valence electrons. The molecule has 1 atom stereocenters. The number of nitrogens with one attached hydrogen (secondary N) is 1. The third-order valence-corrected chi connectivity index (χ3v) is 5.51. The second-order valence-corrected chi connectivity index (χ2v) is 7.54. The molecule has 3 aromatic heterocycles. The van der Waals surface area contributed by atoms with E-state index in [9.17, 15) is 9.18 Å². The Morgan fingerprint density at radius 2 is 2.10 bits per heavy atom. The Morgan fingerprint density at radius 3 is 2.90 bits per heavy atom. The highest BCUT2D eigenvalue weighted by Gasteiger charge is 2.28. The summed E-state index contributed by atoms with van der Waals surface area (Å²) in [7, 11) is 0. The molecule has 4 heterocycles. The average Bonchev–Trinajstić information content (AvgIpc) is 3.09. The summed E-state index contributed by atoms with van der Waals surface area (Å²) in [6, 6.07) is 9.54. The largest absolute Gasteiger partial charge is 0.383 e. The van der Waals surface area contributed by atoms with Crippen molar-refractivity contribution in [2.24, 2.45) is 0 Å². The molecule has 3 N–H and O–H groups in total. The van der Waals surface area contributed by atoms with E-state index in [1.54, 1.807) is 0 Å². The number of hydrogen-bond acceptors (Lipinski definition) is 5. The number of hydrogen-bond donors (Lipinski definition) is 2. The molecule has 1 aliphatic heterocycles. The second-order valence-electron chi connectivity index (χ2n) is 7.54. The molecule has 8 heteroatoms. The van der Waals surface area contributed by atoms with Gasteiger partial charge in [0.2, 0.25) is 0 Å². The van der Waals surface area contributed by atoms with Gasteiger partial charge in [0.15, 0.2) is 5.83 Å². The number of fused-ring (bicyclic) bond motifs is 4. The number of rotatable bonds is 3. The van der Waals surface area contributed by atoms with Gasteiger partial charge in [0, 0.05) is 29.3 Å². The van der Waals surface area contributed by atoms with Crippen LogP contribution in [0.2, 0.25) is 0 Å². The lowest BCUT2D eigenvalue weighted by atomic mass is 9.97. The molecular weight excluding hydrogens is 395 g/mol. The molecule has 4 aromatic rings. The Bertz CT molecular complexity index is 1420. The smallest absolute Gasteiger partial charge is 0.279 e. The topological polar surface area (TPSA) is 98.7 Å². The lowest BCUT2D eigenvalue weighted by Crippen LogP contribution is -2.38. The van der Waals surface area contributed by atoms with Crippen LogP contribution in [0.25, 0.3) is 38.6 Å². The number of nitrogen functional groups attached to an aromatic ring is 1. The summed E-state index contributed by atoms with van der Waals surface area (Å²) in [5.41, 5.74) is 11.4. The van der Waals surface area contributed by atoms with Gasteiger partial charge in [-0.1, -0.05) is 30.9 Å². The average molecular weight is 414 g/mol. The zero-order chi connectivity index (χ0) is 21.7. The van der Waals surface area contributed by atoms with Crippen LogP contribution in [0.15, 0.2) is 61.3 Å². The van der Waals surface area contributed by atoms with Crippen molar-refractivity contribution in [3.8, 4) is 11.1 Å². The molecule has 1 amide bonds. The predicted octanol–water partition coefficient (Wildman–Crippen LogP) is 3.61. The first-order valence-corrected chi connectivity index (χ1v) is 9.76. The minimum Gasteiger partial charge on any atom is -0.383 e. The number of amides is 1. The maximum absolute atomic E-state index is 13.2. The first kappa shape index (κ1) is 18.9. The molecule has 0 saturated heterocycles. The van der Waals surface area contributed by atoms with Crippen molar-refractivity contribution in [1.29, 1.82) is 0 Å². The van der Waals surface area contributed by atoms with Gasteiger partial charge >= 0.3 is 0 Å². The Balaban J connectivity index is 1.74. The fraction of sp³-hybridized carbons (Fsp3) is 0.130. The number of nitrogens with zero attached hydrogens (tertiary/aromatic N) is 4. The Morgan fingerprint density at radius 1 is 1.29 bits per heavy atom. The maximum Gasteiger partial charge on any atom is 0.279 e. The summed E-state index contributed by atoms with van der Waals surface area (Å²) in [6.07, 6.45) is 5.13. The van der Waals surface area contributed by atoms with Crippen LogP contribution in [-0.4, -0.2) is 31.5 Å². The molecular formula is C23H19FN6O. The van der Waals surface area contributed by atoms with Gasteiger partial charge in [-0.2, -0.15) is 0 Å². The first-order chi connectivity index (χ1) is 14.9. The van der Waals surface area contributed by atoms with E-state index in [1.807, 2.05) is 48.0 Å². The van der Waals surface area contributed by atoms with E-state index in [2.05, 4.69) is 32.9 Å². The third-order valence-electron chi connectivity index (χ3n) is 5.51. The van der Waals surface area contributed by atoms with E-state index in [1.165, 1.54) is 6.33 Å². The molecule has 0 saturated carbocycles. The van der Waals surface area contributed by atoms with Crippen molar-refractivity contribution in [3.63, 3.8) is 0 Å². The van der Waals surface area contributed by atoms with E-state index in [4.69, 9.17) is 5.73 Å². The summed E-state index contributed by atoms with van der Waals surface area (Å²) in [4.78, 5) is 25.1. The van der Waals surface area contributed by atoms with Crippen molar-refractivity contribution < 1.29 is 9.18 Å². The highest BCUT2D eigenvalue weighted by atomic mass is 19.1. The molecule has 0 aliphatic carbocycles. The van der Waals surface area contributed by atoms with Crippen molar-refractivity contribution in [3.05, 3.63) is 67.0 Å². The molecule has 0 bridgehead atoms. The fourth-order valence-electron chi connectivity index (χ4n) is 4.23. The van der Waals surface area contributed by atoms with Gasteiger partial charge in [-0.05, 0) is 24.6 Å². The summed E-state index contributed by atoms with van der Waals surface area (Å²) >= 11 is 0. The lowest BCUT2D eigenvalue weighted by molar-refractivity contribution is -0.119. The minimum atomic E-state index is -1.02.